The van der Waals surface area contributed by atoms with E-state index in [9.17, 15) is 0 Å². The Bertz CT molecular complexity index is 351. The van der Waals surface area contributed by atoms with Gasteiger partial charge < -0.3 is 14.8 Å². The van der Waals surface area contributed by atoms with Gasteiger partial charge in [-0.05, 0) is 54.0 Å². The average molecular weight is 286 g/mol. The normalized spacial score (nSPS) is 17.1. The molecule has 0 saturated carbocycles. The Morgan fingerprint density at radius 1 is 1.31 bits per heavy atom. The molecular weight excluding hydrogens is 270 g/mol. The van der Waals surface area contributed by atoms with E-state index in [1.54, 1.807) is 7.11 Å². The van der Waals surface area contributed by atoms with Crippen LogP contribution in [-0.4, -0.2) is 26.3 Å². The maximum absolute atomic E-state index is 5.96. The van der Waals surface area contributed by atoms with Crippen molar-refractivity contribution < 1.29 is 9.47 Å². The summed E-state index contributed by atoms with van der Waals surface area (Å²) in [6.07, 6.45) is 2.40. The standard InChI is InChI=1S/C12H16BrNO2/c1-15-12-10(13)3-2-4-11(12)16-9-5-7-14-8-6-9/h2-4,9,14H,5-8H2,1H3. The summed E-state index contributed by atoms with van der Waals surface area (Å²) in [5.74, 6) is 1.60. The molecule has 1 aromatic carbocycles. The Balaban J connectivity index is 2.10. The van der Waals surface area contributed by atoms with E-state index in [-0.39, 0.29) is 0 Å². The Morgan fingerprint density at radius 3 is 2.75 bits per heavy atom. The third kappa shape index (κ3) is 2.68. The van der Waals surface area contributed by atoms with Crippen molar-refractivity contribution in [3.8, 4) is 11.5 Å². The van der Waals surface area contributed by atoms with E-state index in [2.05, 4.69) is 21.2 Å². The third-order valence-electron chi connectivity index (χ3n) is 2.71. The van der Waals surface area contributed by atoms with Crippen molar-refractivity contribution in [3.63, 3.8) is 0 Å². The molecule has 0 amide bonds. The lowest BCUT2D eigenvalue weighted by atomic mass is 10.1. The van der Waals surface area contributed by atoms with Crippen LogP contribution in [0.5, 0.6) is 11.5 Å². The first-order valence-electron chi connectivity index (χ1n) is 5.51. The van der Waals surface area contributed by atoms with E-state index in [4.69, 9.17) is 9.47 Å². The molecule has 3 nitrogen and oxygen atoms in total. The summed E-state index contributed by atoms with van der Waals surface area (Å²) in [6, 6.07) is 5.86. The fraction of sp³-hybridized carbons (Fsp3) is 0.500. The lowest BCUT2D eigenvalue weighted by Crippen LogP contribution is -2.34. The van der Waals surface area contributed by atoms with E-state index >= 15 is 0 Å². The predicted octanol–water partition coefficient (Wildman–Crippen LogP) is 2.59. The minimum absolute atomic E-state index is 0.296. The van der Waals surface area contributed by atoms with E-state index in [1.165, 1.54) is 0 Å². The second kappa shape index (κ2) is 5.55. The van der Waals surface area contributed by atoms with Crippen molar-refractivity contribution in [3.05, 3.63) is 22.7 Å². The maximum Gasteiger partial charge on any atom is 0.174 e. The SMILES string of the molecule is COc1c(Br)cccc1OC1CCNCC1. The number of hydrogen-bond donors (Lipinski definition) is 1. The van der Waals surface area contributed by atoms with Crippen LogP contribution in [-0.2, 0) is 0 Å². The summed E-state index contributed by atoms with van der Waals surface area (Å²) < 4.78 is 12.2. The van der Waals surface area contributed by atoms with Crippen LogP contribution < -0.4 is 14.8 Å². The molecule has 0 unspecified atom stereocenters. The summed E-state index contributed by atoms with van der Waals surface area (Å²) in [7, 11) is 1.66. The van der Waals surface area contributed by atoms with Crippen molar-refractivity contribution in [2.75, 3.05) is 20.2 Å². The van der Waals surface area contributed by atoms with Gasteiger partial charge in [-0.25, -0.2) is 0 Å². The Labute approximate surface area is 104 Å². The molecular formula is C12H16BrNO2. The molecule has 4 heteroatoms. The molecule has 16 heavy (non-hydrogen) atoms. The molecule has 88 valence electrons. The highest BCUT2D eigenvalue weighted by atomic mass is 79.9. The minimum Gasteiger partial charge on any atom is -0.492 e. The minimum atomic E-state index is 0.296. The largest absolute Gasteiger partial charge is 0.492 e. The lowest BCUT2D eigenvalue weighted by Gasteiger charge is -2.24. The first-order chi connectivity index (χ1) is 7.81. The summed E-state index contributed by atoms with van der Waals surface area (Å²) in [5.41, 5.74) is 0. The molecule has 0 bridgehead atoms. The number of rotatable bonds is 3. The van der Waals surface area contributed by atoms with Gasteiger partial charge in [0.05, 0.1) is 11.6 Å². The smallest absolute Gasteiger partial charge is 0.174 e. The first kappa shape index (κ1) is 11.7. The number of para-hydroxylation sites is 1. The third-order valence-corrected chi connectivity index (χ3v) is 3.34. The molecule has 1 aliphatic heterocycles. The van der Waals surface area contributed by atoms with Crippen LogP contribution >= 0.6 is 15.9 Å². The number of hydrogen-bond acceptors (Lipinski definition) is 3. The van der Waals surface area contributed by atoms with Crippen LogP contribution in [0.1, 0.15) is 12.8 Å². The zero-order chi connectivity index (χ0) is 11.4. The average Bonchev–Trinajstić information content (AvgIpc) is 2.31. The highest BCUT2D eigenvalue weighted by Gasteiger charge is 2.17. The van der Waals surface area contributed by atoms with Crippen LogP contribution in [0.15, 0.2) is 22.7 Å². The monoisotopic (exact) mass is 285 g/mol. The number of nitrogens with one attached hydrogen (secondary N) is 1. The Kier molecular flexibility index (Phi) is 4.07. The lowest BCUT2D eigenvalue weighted by molar-refractivity contribution is 0.156. The van der Waals surface area contributed by atoms with Gasteiger partial charge in [0, 0.05) is 0 Å². The topological polar surface area (TPSA) is 30.5 Å². The maximum atomic E-state index is 5.96. The Hall–Kier alpha value is -0.740. The number of halogens is 1. The van der Waals surface area contributed by atoms with E-state index < -0.39 is 0 Å². The van der Waals surface area contributed by atoms with Gasteiger partial charge in [-0.1, -0.05) is 6.07 Å². The number of methoxy groups -OCH3 is 1. The zero-order valence-electron chi connectivity index (χ0n) is 9.33. The van der Waals surface area contributed by atoms with Gasteiger partial charge in [-0.15, -0.1) is 0 Å². The van der Waals surface area contributed by atoms with E-state index in [1.807, 2.05) is 18.2 Å². The first-order valence-corrected chi connectivity index (χ1v) is 6.30. The van der Waals surface area contributed by atoms with Gasteiger partial charge in [-0.2, -0.15) is 0 Å². The molecule has 1 N–H and O–H groups in total. The van der Waals surface area contributed by atoms with Crippen molar-refractivity contribution in [2.45, 2.75) is 18.9 Å². The van der Waals surface area contributed by atoms with Crippen LogP contribution in [0.25, 0.3) is 0 Å². The molecule has 0 spiro atoms. The number of benzene rings is 1. The highest BCUT2D eigenvalue weighted by Crippen LogP contribution is 2.35. The second-order valence-corrected chi connectivity index (χ2v) is 4.69. The van der Waals surface area contributed by atoms with E-state index in [0.29, 0.717) is 6.10 Å². The number of ether oxygens (including phenoxy) is 2. The summed E-state index contributed by atoms with van der Waals surface area (Å²) in [5, 5.41) is 3.32. The van der Waals surface area contributed by atoms with Gasteiger partial charge in [0.25, 0.3) is 0 Å². The van der Waals surface area contributed by atoms with Crippen molar-refractivity contribution >= 4 is 15.9 Å². The van der Waals surface area contributed by atoms with Gasteiger partial charge in [0.1, 0.15) is 6.10 Å². The molecule has 2 rings (SSSR count). The highest BCUT2D eigenvalue weighted by molar-refractivity contribution is 9.10. The van der Waals surface area contributed by atoms with Gasteiger partial charge in [0.2, 0.25) is 0 Å². The fourth-order valence-electron chi connectivity index (χ4n) is 1.87. The van der Waals surface area contributed by atoms with Gasteiger partial charge in [-0.3, -0.25) is 0 Å². The van der Waals surface area contributed by atoms with Gasteiger partial charge in [0.15, 0.2) is 11.5 Å². The quantitative estimate of drug-likeness (QED) is 0.926. The van der Waals surface area contributed by atoms with Crippen LogP contribution in [0.2, 0.25) is 0 Å². The van der Waals surface area contributed by atoms with Crippen LogP contribution in [0.4, 0.5) is 0 Å². The molecule has 1 heterocycles. The van der Waals surface area contributed by atoms with Crippen LogP contribution in [0, 0.1) is 0 Å². The molecule has 0 radical (unpaired) electrons. The summed E-state index contributed by atoms with van der Waals surface area (Å²) >= 11 is 3.45. The van der Waals surface area contributed by atoms with Crippen molar-refractivity contribution in [1.82, 2.24) is 5.32 Å². The zero-order valence-corrected chi connectivity index (χ0v) is 10.9. The molecule has 0 aliphatic carbocycles. The molecule has 0 aromatic heterocycles. The molecule has 1 aliphatic rings. The molecule has 1 saturated heterocycles. The summed E-state index contributed by atoms with van der Waals surface area (Å²) in [4.78, 5) is 0. The summed E-state index contributed by atoms with van der Waals surface area (Å²) in [6.45, 7) is 2.06. The molecule has 1 aromatic rings. The van der Waals surface area contributed by atoms with Crippen molar-refractivity contribution in [1.29, 1.82) is 0 Å². The number of piperidine rings is 1. The molecule has 1 fully saturated rings. The molecule has 0 atom stereocenters. The van der Waals surface area contributed by atoms with Crippen LogP contribution in [0.3, 0.4) is 0 Å². The second-order valence-electron chi connectivity index (χ2n) is 3.84. The fourth-order valence-corrected chi connectivity index (χ4v) is 2.38. The Morgan fingerprint density at radius 2 is 2.06 bits per heavy atom. The van der Waals surface area contributed by atoms with E-state index in [0.717, 1.165) is 41.9 Å². The van der Waals surface area contributed by atoms with Crippen molar-refractivity contribution in [2.24, 2.45) is 0 Å². The predicted molar refractivity (Wildman–Crippen MR) is 67.2 cm³/mol. The van der Waals surface area contributed by atoms with Gasteiger partial charge >= 0.3 is 0 Å².